The Morgan fingerprint density at radius 2 is 2.17 bits per heavy atom. The fourth-order valence-corrected chi connectivity index (χ4v) is 2.46. The first-order chi connectivity index (χ1) is 8.45. The van der Waals surface area contributed by atoms with Gasteiger partial charge >= 0.3 is 0 Å². The number of nitrogens with zero attached hydrogens (tertiary/aromatic N) is 2. The summed E-state index contributed by atoms with van der Waals surface area (Å²) in [6.07, 6.45) is 2.64. The van der Waals surface area contributed by atoms with E-state index in [9.17, 15) is 13.2 Å². The van der Waals surface area contributed by atoms with Gasteiger partial charge in [0.05, 0.1) is 5.52 Å². The van der Waals surface area contributed by atoms with Gasteiger partial charge in [0.15, 0.2) is 5.69 Å². The molecule has 0 atom stereocenters. The van der Waals surface area contributed by atoms with Gasteiger partial charge in [-0.05, 0) is 19.1 Å². The molecule has 0 radical (unpaired) electrons. The van der Waals surface area contributed by atoms with Gasteiger partial charge in [-0.3, -0.25) is 9.20 Å². The van der Waals surface area contributed by atoms with Crippen LogP contribution in [0.3, 0.4) is 0 Å². The van der Waals surface area contributed by atoms with E-state index in [1.54, 1.807) is 31.3 Å². The fraction of sp³-hybridized carbons (Fsp3) is 0.273. The number of carbonyl (C=O) groups is 1. The molecule has 0 unspecified atom stereocenters. The lowest BCUT2D eigenvalue weighted by atomic mass is 10.3. The largest absolute Gasteiger partial charge is 0.351 e. The van der Waals surface area contributed by atoms with E-state index in [0.29, 0.717) is 12.1 Å². The number of amides is 1. The first kappa shape index (κ1) is 12.6. The summed E-state index contributed by atoms with van der Waals surface area (Å²) in [7, 11) is -3.49. The highest BCUT2D eigenvalue weighted by Gasteiger charge is 2.21. The van der Waals surface area contributed by atoms with Crippen molar-refractivity contribution in [2.75, 3.05) is 12.8 Å². The van der Waals surface area contributed by atoms with E-state index in [1.165, 1.54) is 4.40 Å². The molecule has 2 heterocycles. The zero-order valence-corrected chi connectivity index (χ0v) is 10.9. The maximum absolute atomic E-state index is 11.8. The van der Waals surface area contributed by atoms with Gasteiger partial charge in [0.1, 0.15) is 0 Å². The molecule has 0 saturated heterocycles. The zero-order valence-electron chi connectivity index (χ0n) is 10.0. The summed E-state index contributed by atoms with van der Waals surface area (Å²) in [5.74, 6) is -0.379. The van der Waals surface area contributed by atoms with Crippen LogP contribution in [-0.2, 0) is 9.84 Å². The Labute approximate surface area is 105 Å². The van der Waals surface area contributed by atoms with Crippen LogP contribution in [0.4, 0.5) is 0 Å². The van der Waals surface area contributed by atoms with E-state index in [1.807, 2.05) is 0 Å². The Morgan fingerprint density at radius 3 is 2.78 bits per heavy atom. The molecule has 6 nitrogen and oxygen atoms in total. The van der Waals surface area contributed by atoms with Crippen LogP contribution in [0, 0.1) is 0 Å². The molecule has 18 heavy (non-hydrogen) atoms. The summed E-state index contributed by atoms with van der Waals surface area (Å²) < 4.78 is 24.7. The van der Waals surface area contributed by atoms with Gasteiger partial charge in [-0.1, -0.05) is 6.07 Å². The van der Waals surface area contributed by atoms with Gasteiger partial charge < -0.3 is 5.32 Å². The number of sulfone groups is 1. The molecule has 7 heteroatoms. The first-order valence-electron chi connectivity index (χ1n) is 5.40. The third kappa shape index (κ3) is 2.08. The van der Waals surface area contributed by atoms with Gasteiger partial charge in [-0.2, -0.15) is 0 Å². The molecule has 2 aromatic heterocycles. The van der Waals surface area contributed by atoms with Crippen molar-refractivity contribution in [3.63, 3.8) is 0 Å². The van der Waals surface area contributed by atoms with E-state index < -0.39 is 9.84 Å². The number of imidazole rings is 1. The third-order valence-corrected chi connectivity index (χ3v) is 3.35. The maximum Gasteiger partial charge on any atom is 0.272 e. The first-order valence-corrected chi connectivity index (χ1v) is 7.29. The predicted molar refractivity (Wildman–Crippen MR) is 66.3 cm³/mol. The highest BCUT2D eigenvalue weighted by molar-refractivity contribution is 7.90. The second-order valence-corrected chi connectivity index (χ2v) is 5.74. The normalized spacial score (nSPS) is 11.7. The molecule has 2 rings (SSSR count). The summed E-state index contributed by atoms with van der Waals surface area (Å²) in [6, 6.07) is 5.07. The lowest BCUT2D eigenvalue weighted by molar-refractivity contribution is 0.0952. The monoisotopic (exact) mass is 267 g/mol. The average molecular weight is 267 g/mol. The molecule has 0 bridgehead atoms. The van der Waals surface area contributed by atoms with Gasteiger partial charge in [0.2, 0.25) is 15.0 Å². The second-order valence-electron chi connectivity index (χ2n) is 3.83. The number of fused-ring (bicyclic) bond motifs is 1. The van der Waals surface area contributed by atoms with Crippen LogP contribution in [0.15, 0.2) is 29.6 Å². The maximum atomic E-state index is 11.8. The molecule has 0 aromatic carbocycles. The molecule has 96 valence electrons. The van der Waals surface area contributed by atoms with Crippen LogP contribution in [-0.4, -0.2) is 36.5 Å². The van der Waals surface area contributed by atoms with Crippen molar-refractivity contribution in [1.29, 1.82) is 0 Å². The Kier molecular flexibility index (Phi) is 3.08. The highest BCUT2D eigenvalue weighted by atomic mass is 32.2. The van der Waals surface area contributed by atoms with Crippen molar-refractivity contribution in [2.24, 2.45) is 0 Å². The summed E-state index contributed by atoms with van der Waals surface area (Å²) in [5, 5.41) is 2.48. The third-order valence-electron chi connectivity index (χ3n) is 2.40. The summed E-state index contributed by atoms with van der Waals surface area (Å²) in [5.41, 5.74) is 0.599. The lowest BCUT2D eigenvalue weighted by Crippen LogP contribution is -2.23. The van der Waals surface area contributed by atoms with E-state index in [2.05, 4.69) is 10.3 Å². The van der Waals surface area contributed by atoms with Crippen LogP contribution < -0.4 is 5.32 Å². The number of carbonyl (C=O) groups excluding carboxylic acids is 1. The number of nitrogens with one attached hydrogen (secondary N) is 1. The van der Waals surface area contributed by atoms with E-state index in [4.69, 9.17) is 0 Å². The van der Waals surface area contributed by atoms with Gasteiger partial charge in [0.25, 0.3) is 5.91 Å². The molecular formula is C11H13N3O3S. The molecule has 0 aliphatic carbocycles. The van der Waals surface area contributed by atoms with Crippen LogP contribution in [0.25, 0.3) is 5.52 Å². The smallest absolute Gasteiger partial charge is 0.272 e. The van der Waals surface area contributed by atoms with Crippen LogP contribution in [0.1, 0.15) is 17.4 Å². The van der Waals surface area contributed by atoms with Crippen LogP contribution in [0.2, 0.25) is 0 Å². The van der Waals surface area contributed by atoms with Crippen molar-refractivity contribution < 1.29 is 13.2 Å². The molecule has 0 spiro atoms. The van der Waals surface area contributed by atoms with Gasteiger partial charge in [-0.15, -0.1) is 0 Å². The van der Waals surface area contributed by atoms with Crippen LogP contribution in [0.5, 0.6) is 0 Å². The molecule has 0 aliphatic heterocycles. The average Bonchev–Trinajstić information content (AvgIpc) is 2.68. The minimum absolute atomic E-state index is 0.123. The van der Waals surface area contributed by atoms with Crippen molar-refractivity contribution in [2.45, 2.75) is 12.1 Å². The molecular weight excluding hydrogens is 254 g/mol. The molecule has 0 aliphatic rings. The zero-order chi connectivity index (χ0) is 13.3. The van der Waals surface area contributed by atoms with E-state index in [0.717, 1.165) is 6.26 Å². The Balaban J connectivity index is 2.73. The Hall–Kier alpha value is -1.89. The molecule has 0 saturated carbocycles. The van der Waals surface area contributed by atoms with E-state index in [-0.39, 0.29) is 16.8 Å². The SMILES string of the molecule is CCNC(=O)c1nc(S(C)(=O)=O)n2ccccc12. The number of hydrogen-bond donors (Lipinski definition) is 1. The number of pyridine rings is 1. The quantitative estimate of drug-likeness (QED) is 0.877. The van der Waals surface area contributed by atoms with Gasteiger partial charge in [-0.25, -0.2) is 13.4 Å². The predicted octanol–water partition coefficient (Wildman–Crippen LogP) is 0.487. The number of rotatable bonds is 3. The fourth-order valence-electron chi connectivity index (χ4n) is 1.68. The van der Waals surface area contributed by atoms with Crippen LogP contribution >= 0.6 is 0 Å². The second kappa shape index (κ2) is 4.41. The molecule has 2 aromatic rings. The summed E-state index contributed by atoms with van der Waals surface area (Å²) >= 11 is 0. The summed E-state index contributed by atoms with van der Waals surface area (Å²) in [4.78, 5) is 15.8. The van der Waals surface area contributed by atoms with Crippen molar-refractivity contribution in [3.8, 4) is 0 Å². The highest BCUT2D eigenvalue weighted by Crippen LogP contribution is 2.16. The minimum atomic E-state index is -3.49. The minimum Gasteiger partial charge on any atom is -0.351 e. The molecule has 1 amide bonds. The van der Waals surface area contributed by atoms with Crippen molar-refractivity contribution in [1.82, 2.24) is 14.7 Å². The molecule has 0 fully saturated rings. The number of aromatic nitrogens is 2. The molecule has 1 N–H and O–H groups in total. The topological polar surface area (TPSA) is 80.5 Å². The Bertz CT molecular complexity index is 703. The Morgan fingerprint density at radius 1 is 1.44 bits per heavy atom. The van der Waals surface area contributed by atoms with Gasteiger partial charge in [0, 0.05) is 19.0 Å². The van der Waals surface area contributed by atoms with Crippen molar-refractivity contribution in [3.05, 3.63) is 30.1 Å². The lowest BCUT2D eigenvalue weighted by Gasteiger charge is -1.98. The van der Waals surface area contributed by atoms with Crippen molar-refractivity contribution >= 4 is 21.3 Å². The summed E-state index contributed by atoms with van der Waals surface area (Å²) in [6.45, 7) is 2.24. The standard InChI is InChI=1S/C11H13N3O3S/c1-3-12-10(15)9-8-6-4-5-7-14(8)11(13-9)18(2,16)17/h4-7H,3H2,1-2H3,(H,12,15). The van der Waals surface area contributed by atoms with E-state index >= 15 is 0 Å². The number of hydrogen-bond acceptors (Lipinski definition) is 4.